The maximum atomic E-state index is 12.7. The highest BCUT2D eigenvalue weighted by molar-refractivity contribution is 7.89. The van der Waals surface area contributed by atoms with E-state index in [0.29, 0.717) is 6.07 Å². The number of ether oxygens (including phenoxy) is 1. The molecule has 134 valence electrons. The average molecular weight is 374 g/mol. The van der Waals surface area contributed by atoms with Gasteiger partial charge in [0.05, 0.1) is 12.7 Å². The van der Waals surface area contributed by atoms with E-state index in [9.17, 15) is 26.4 Å². The molecule has 0 aliphatic heterocycles. The molecule has 0 unspecified atom stereocenters. The minimum atomic E-state index is -4.59. The molecule has 0 bridgehead atoms. The summed E-state index contributed by atoms with van der Waals surface area (Å²) >= 11 is 0. The van der Waals surface area contributed by atoms with Crippen LogP contribution in [0.25, 0.3) is 0 Å². The number of sulfonamides is 1. The van der Waals surface area contributed by atoms with Crippen LogP contribution in [0.4, 0.5) is 18.9 Å². The largest absolute Gasteiger partial charge is 0.495 e. The first-order valence-corrected chi connectivity index (χ1v) is 8.26. The lowest BCUT2D eigenvalue weighted by molar-refractivity contribution is -0.137. The number of hydrogen-bond donors (Lipinski definition) is 2. The average Bonchev–Trinajstić information content (AvgIpc) is 2.53. The highest BCUT2D eigenvalue weighted by atomic mass is 32.2. The molecule has 6 nitrogen and oxygen atoms in total. The number of hydrogen-bond acceptors (Lipinski definition) is 4. The van der Waals surface area contributed by atoms with Gasteiger partial charge >= 0.3 is 6.18 Å². The van der Waals surface area contributed by atoms with Gasteiger partial charge in [-0.2, -0.15) is 13.2 Å². The normalized spacial score (nSPS) is 11.9. The highest BCUT2D eigenvalue weighted by Crippen LogP contribution is 2.30. The summed E-state index contributed by atoms with van der Waals surface area (Å²) in [6.07, 6.45) is -4.59. The van der Waals surface area contributed by atoms with Crippen molar-refractivity contribution in [3.63, 3.8) is 0 Å². The fourth-order valence-electron chi connectivity index (χ4n) is 2.02. The van der Waals surface area contributed by atoms with Crippen LogP contribution in [0, 0.1) is 0 Å². The minimum absolute atomic E-state index is 0.0282. The number of nitrogens with one attached hydrogen (secondary N) is 1. The molecule has 2 rings (SSSR count). The lowest BCUT2D eigenvalue weighted by Crippen LogP contribution is -2.16. The number of amides is 1. The fraction of sp³-hybridized carbons (Fsp3) is 0.133. The zero-order chi connectivity index (χ0) is 18.8. The minimum Gasteiger partial charge on any atom is -0.495 e. The van der Waals surface area contributed by atoms with Crippen molar-refractivity contribution in [3.8, 4) is 5.75 Å². The standard InChI is InChI=1S/C15H13F3N2O4S/c1-24-12-6-5-11(8-13(12)25(19,22)23)20-14(21)9-3-2-4-10(7-9)15(16,17)18/h2-8H,1H3,(H,20,21)(H2,19,22,23). The molecule has 0 fully saturated rings. The van der Waals surface area contributed by atoms with E-state index in [-0.39, 0.29) is 21.9 Å². The van der Waals surface area contributed by atoms with E-state index < -0.39 is 27.7 Å². The number of primary sulfonamides is 1. The molecule has 1 amide bonds. The van der Waals surface area contributed by atoms with Crippen molar-refractivity contribution in [2.75, 3.05) is 12.4 Å². The number of benzene rings is 2. The molecule has 0 heterocycles. The number of methoxy groups -OCH3 is 1. The molecule has 25 heavy (non-hydrogen) atoms. The number of carbonyl (C=O) groups is 1. The molecule has 0 aliphatic rings. The molecule has 0 aromatic heterocycles. The monoisotopic (exact) mass is 374 g/mol. The maximum absolute atomic E-state index is 12.7. The van der Waals surface area contributed by atoms with Crippen molar-refractivity contribution in [1.29, 1.82) is 0 Å². The van der Waals surface area contributed by atoms with Crippen molar-refractivity contribution >= 4 is 21.6 Å². The molecular weight excluding hydrogens is 361 g/mol. The Hall–Kier alpha value is -2.59. The van der Waals surface area contributed by atoms with Gasteiger partial charge in [-0.05, 0) is 36.4 Å². The van der Waals surface area contributed by atoms with E-state index in [1.807, 2.05) is 0 Å². The lowest BCUT2D eigenvalue weighted by atomic mass is 10.1. The summed E-state index contributed by atoms with van der Waals surface area (Å²) in [4.78, 5) is 11.8. The lowest BCUT2D eigenvalue weighted by Gasteiger charge is -2.11. The maximum Gasteiger partial charge on any atom is 0.416 e. The second-order valence-corrected chi connectivity index (χ2v) is 6.47. The molecule has 2 aromatic rings. The Morgan fingerprint density at radius 2 is 1.84 bits per heavy atom. The number of halogens is 3. The van der Waals surface area contributed by atoms with E-state index in [1.165, 1.54) is 25.3 Å². The highest BCUT2D eigenvalue weighted by Gasteiger charge is 2.30. The summed E-state index contributed by atoms with van der Waals surface area (Å²) in [5.74, 6) is -0.865. The van der Waals surface area contributed by atoms with Crippen molar-refractivity contribution in [2.24, 2.45) is 5.14 Å². The Bertz CT molecular complexity index is 911. The number of alkyl halides is 3. The molecule has 0 saturated heterocycles. The Kier molecular flexibility index (Phi) is 5.04. The molecule has 0 saturated carbocycles. The number of rotatable bonds is 4. The van der Waals surface area contributed by atoms with Gasteiger partial charge in [0.15, 0.2) is 0 Å². The smallest absolute Gasteiger partial charge is 0.416 e. The Morgan fingerprint density at radius 1 is 1.16 bits per heavy atom. The summed E-state index contributed by atoms with van der Waals surface area (Å²) in [7, 11) is -2.88. The van der Waals surface area contributed by atoms with Crippen molar-refractivity contribution in [1.82, 2.24) is 0 Å². The first kappa shape index (κ1) is 18.7. The zero-order valence-electron chi connectivity index (χ0n) is 12.8. The zero-order valence-corrected chi connectivity index (χ0v) is 13.6. The third kappa shape index (κ3) is 4.48. The quantitative estimate of drug-likeness (QED) is 0.859. The third-order valence-electron chi connectivity index (χ3n) is 3.18. The fourth-order valence-corrected chi connectivity index (χ4v) is 2.74. The van der Waals surface area contributed by atoms with Gasteiger partial charge in [-0.3, -0.25) is 4.79 Å². The summed E-state index contributed by atoms with van der Waals surface area (Å²) in [5, 5.41) is 7.39. The van der Waals surface area contributed by atoms with Gasteiger partial charge in [0, 0.05) is 11.3 Å². The van der Waals surface area contributed by atoms with Gasteiger partial charge in [-0.25, -0.2) is 13.6 Å². The molecule has 0 spiro atoms. The molecule has 0 atom stereocenters. The van der Waals surface area contributed by atoms with Crippen LogP contribution in [0.2, 0.25) is 0 Å². The second kappa shape index (κ2) is 6.73. The van der Waals surface area contributed by atoms with Crippen molar-refractivity contribution in [2.45, 2.75) is 11.1 Å². The van der Waals surface area contributed by atoms with E-state index in [1.54, 1.807) is 0 Å². The van der Waals surface area contributed by atoms with Gasteiger partial charge in [0.1, 0.15) is 10.6 Å². The molecule has 0 aliphatic carbocycles. The predicted molar refractivity (Wildman–Crippen MR) is 83.8 cm³/mol. The van der Waals surface area contributed by atoms with Crippen LogP contribution in [0.15, 0.2) is 47.4 Å². The Balaban J connectivity index is 2.33. The molecular formula is C15H13F3N2O4S. The van der Waals surface area contributed by atoms with Crippen molar-refractivity contribution in [3.05, 3.63) is 53.6 Å². The first-order chi connectivity index (χ1) is 11.5. The molecule has 3 N–H and O–H groups in total. The number of carbonyl (C=O) groups excluding carboxylic acids is 1. The van der Waals surface area contributed by atoms with Crippen LogP contribution in [0.1, 0.15) is 15.9 Å². The van der Waals surface area contributed by atoms with Crippen LogP contribution in [-0.4, -0.2) is 21.4 Å². The third-order valence-corrected chi connectivity index (χ3v) is 4.11. The molecule has 10 heteroatoms. The predicted octanol–water partition coefficient (Wildman–Crippen LogP) is 2.61. The van der Waals surface area contributed by atoms with E-state index in [0.717, 1.165) is 18.2 Å². The van der Waals surface area contributed by atoms with E-state index in [4.69, 9.17) is 9.88 Å². The van der Waals surface area contributed by atoms with Crippen LogP contribution in [0.5, 0.6) is 5.75 Å². The Morgan fingerprint density at radius 3 is 2.40 bits per heavy atom. The van der Waals surface area contributed by atoms with E-state index >= 15 is 0 Å². The van der Waals surface area contributed by atoms with Crippen LogP contribution in [0.3, 0.4) is 0 Å². The van der Waals surface area contributed by atoms with Crippen LogP contribution < -0.4 is 15.2 Å². The van der Waals surface area contributed by atoms with Gasteiger partial charge < -0.3 is 10.1 Å². The van der Waals surface area contributed by atoms with Gasteiger partial charge in [-0.15, -0.1) is 0 Å². The topological polar surface area (TPSA) is 98.5 Å². The first-order valence-electron chi connectivity index (χ1n) is 6.72. The second-order valence-electron chi connectivity index (χ2n) is 4.94. The molecule has 2 aromatic carbocycles. The van der Waals surface area contributed by atoms with Crippen molar-refractivity contribution < 1.29 is 31.1 Å². The van der Waals surface area contributed by atoms with Gasteiger partial charge in [0.25, 0.3) is 5.91 Å². The van der Waals surface area contributed by atoms with Gasteiger partial charge in [0.2, 0.25) is 10.0 Å². The van der Waals surface area contributed by atoms with Gasteiger partial charge in [-0.1, -0.05) is 6.07 Å². The van der Waals surface area contributed by atoms with Crippen LogP contribution >= 0.6 is 0 Å². The summed E-state index contributed by atoms with van der Waals surface area (Å²) < 4.78 is 66.0. The summed E-state index contributed by atoms with van der Waals surface area (Å²) in [6, 6.07) is 7.49. The number of nitrogens with two attached hydrogens (primary N) is 1. The Labute approximate surface area is 141 Å². The van der Waals surface area contributed by atoms with E-state index in [2.05, 4.69) is 5.32 Å². The number of anilines is 1. The summed E-state index contributed by atoms with van der Waals surface area (Å²) in [6.45, 7) is 0. The van der Waals surface area contributed by atoms with Crippen LogP contribution in [-0.2, 0) is 16.2 Å². The molecule has 0 radical (unpaired) electrons. The summed E-state index contributed by atoms with van der Waals surface area (Å²) in [5.41, 5.74) is -1.17. The SMILES string of the molecule is COc1ccc(NC(=O)c2cccc(C(F)(F)F)c2)cc1S(N)(=O)=O.